The number of fused-ring (bicyclic) bond motifs is 3. The summed E-state index contributed by atoms with van der Waals surface area (Å²) in [5.41, 5.74) is 7.09. The van der Waals surface area contributed by atoms with Gasteiger partial charge < -0.3 is 4.90 Å². The van der Waals surface area contributed by atoms with E-state index in [1.807, 2.05) is 25.2 Å². The van der Waals surface area contributed by atoms with E-state index in [9.17, 15) is 0 Å². The van der Waals surface area contributed by atoms with Gasteiger partial charge >= 0.3 is 0 Å². The number of hydrogen-bond acceptors (Lipinski definition) is 1. The molecule has 0 fully saturated rings. The third-order valence-corrected chi connectivity index (χ3v) is 8.02. The predicted octanol–water partition coefficient (Wildman–Crippen LogP) is 12.6. The molecule has 5 rings (SSSR count). The van der Waals surface area contributed by atoms with Crippen LogP contribution >= 0.6 is 0 Å². The second-order valence-corrected chi connectivity index (χ2v) is 11.0. The molecule has 0 saturated carbocycles. The Hall–Kier alpha value is -5.40. The van der Waals surface area contributed by atoms with Gasteiger partial charge in [-0.15, -0.1) is 6.58 Å². The highest BCUT2D eigenvalue weighted by Gasteiger charge is 2.16. The summed E-state index contributed by atoms with van der Waals surface area (Å²) in [6.07, 6.45) is 23.5. The normalized spacial score (nSPS) is 13.1. The van der Waals surface area contributed by atoms with E-state index in [0.717, 1.165) is 17.8 Å². The Bertz CT molecular complexity index is 1930. The molecule has 1 atom stereocenters. The molecule has 5 aromatic carbocycles. The molecule has 0 aromatic heterocycles. The van der Waals surface area contributed by atoms with Crippen LogP contribution in [0.3, 0.4) is 0 Å². The summed E-state index contributed by atoms with van der Waals surface area (Å²) in [7, 11) is 0. The van der Waals surface area contributed by atoms with Gasteiger partial charge in [0.1, 0.15) is 0 Å². The topological polar surface area (TPSA) is 3.24 Å². The van der Waals surface area contributed by atoms with E-state index in [4.69, 9.17) is 0 Å². The number of allylic oxidation sites excluding steroid dienone is 11. The van der Waals surface area contributed by atoms with Crippen molar-refractivity contribution in [3.8, 4) is 22.3 Å². The Morgan fingerprint density at radius 2 is 1.44 bits per heavy atom. The van der Waals surface area contributed by atoms with Crippen LogP contribution in [0.4, 0.5) is 5.69 Å². The minimum Gasteiger partial charge on any atom is -0.321 e. The molecular formula is C44H41N. The van der Waals surface area contributed by atoms with Crippen LogP contribution in [0.2, 0.25) is 0 Å². The summed E-state index contributed by atoms with van der Waals surface area (Å²) in [4.78, 5) is 2.27. The van der Waals surface area contributed by atoms with E-state index in [1.54, 1.807) is 6.08 Å². The van der Waals surface area contributed by atoms with Crippen LogP contribution in [0.25, 0.3) is 43.8 Å². The van der Waals surface area contributed by atoms with Gasteiger partial charge in [0.15, 0.2) is 0 Å². The maximum absolute atomic E-state index is 4.05. The molecule has 1 unspecified atom stereocenters. The smallest absolute Gasteiger partial charge is 0.0458 e. The number of anilines is 1. The summed E-state index contributed by atoms with van der Waals surface area (Å²) < 4.78 is 0. The first-order valence-electron chi connectivity index (χ1n) is 15.6. The third-order valence-electron chi connectivity index (χ3n) is 8.02. The molecule has 0 aliphatic rings. The van der Waals surface area contributed by atoms with E-state index in [2.05, 4.69) is 171 Å². The first kappa shape index (κ1) is 31.0. The molecule has 0 aliphatic carbocycles. The lowest BCUT2D eigenvalue weighted by Gasteiger charge is -2.24. The highest BCUT2D eigenvalue weighted by molar-refractivity contribution is 6.14. The second-order valence-electron chi connectivity index (χ2n) is 11.0. The molecule has 0 radical (unpaired) electrons. The Labute approximate surface area is 268 Å². The molecule has 0 saturated heterocycles. The molecule has 0 spiro atoms. The SMILES string of the molecule is C=C/C=C\C=C\C(C=C)C/C=C/N(/C(C)=C/C=C\C)c1ccc(-c2cc3ccccc3c3ccccc23)c(-c2ccccc2)c1. The highest BCUT2D eigenvalue weighted by atomic mass is 15.1. The van der Waals surface area contributed by atoms with Crippen molar-refractivity contribution in [3.05, 3.63) is 189 Å². The van der Waals surface area contributed by atoms with Gasteiger partial charge in [-0.2, -0.15) is 0 Å². The number of rotatable bonds is 12. The number of benzene rings is 5. The molecule has 45 heavy (non-hydrogen) atoms. The molecule has 222 valence electrons. The van der Waals surface area contributed by atoms with Gasteiger partial charge in [0.2, 0.25) is 0 Å². The van der Waals surface area contributed by atoms with Crippen LogP contribution in [-0.4, -0.2) is 0 Å². The fraction of sp³-hybridized carbons (Fsp3) is 0.0909. The third kappa shape index (κ3) is 7.40. The van der Waals surface area contributed by atoms with Gasteiger partial charge in [0.25, 0.3) is 0 Å². The van der Waals surface area contributed by atoms with E-state index in [-0.39, 0.29) is 5.92 Å². The second kappa shape index (κ2) is 15.4. The molecule has 1 nitrogen and oxygen atoms in total. The monoisotopic (exact) mass is 583 g/mol. The molecule has 0 N–H and O–H groups in total. The lowest BCUT2D eigenvalue weighted by Crippen LogP contribution is -2.13. The zero-order valence-electron chi connectivity index (χ0n) is 26.3. The van der Waals surface area contributed by atoms with Gasteiger partial charge in [-0.1, -0.05) is 146 Å². The molecular weight excluding hydrogens is 542 g/mol. The quantitative estimate of drug-likeness (QED) is 0.0802. The fourth-order valence-electron chi connectivity index (χ4n) is 5.70. The molecule has 0 bridgehead atoms. The largest absolute Gasteiger partial charge is 0.321 e. The van der Waals surface area contributed by atoms with Gasteiger partial charge in [0.05, 0.1) is 0 Å². The van der Waals surface area contributed by atoms with Gasteiger partial charge in [-0.25, -0.2) is 0 Å². The van der Waals surface area contributed by atoms with Crippen molar-refractivity contribution >= 4 is 27.2 Å². The van der Waals surface area contributed by atoms with Crippen LogP contribution in [0, 0.1) is 5.92 Å². The van der Waals surface area contributed by atoms with Crippen LogP contribution in [0.15, 0.2) is 189 Å². The Balaban J connectivity index is 1.64. The van der Waals surface area contributed by atoms with Crippen LogP contribution in [0.5, 0.6) is 0 Å². The van der Waals surface area contributed by atoms with Gasteiger partial charge in [-0.05, 0) is 94.3 Å². The standard InChI is InChI=1S/C44H41N/c1-5-8-10-12-21-35(7-3)22-19-31-45(34(4)20-9-6-2)38-29-30-42(43(33-38)36-23-13-11-14-24-36)44-32-37-25-15-16-26-39(37)40-27-17-18-28-41(40)44/h5-21,23-33,35H,1,3,22H2,2,4H3/b9-6-,10-8-,21-12+,31-19+,34-20+. The average molecular weight is 584 g/mol. The van der Waals surface area contributed by atoms with E-state index in [0.29, 0.717) is 0 Å². The van der Waals surface area contributed by atoms with E-state index in [1.165, 1.54) is 43.8 Å². The maximum atomic E-state index is 4.05. The summed E-state index contributed by atoms with van der Waals surface area (Å²) in [5.74, 6) is 0.237. The Morgan fingerprint density at radius 1 is 0.711 bits per heavy atom. The van der Waals surface area contributed by atoms with Crippen molar-refractivity contribution in [2.75, 3.05) is 4.90 Å². The zero-order chi connectivity index (χ0) is 31.4. The summed E-state index contributed by atoms with van der Waals surface area (Å²) >= 11 is 0. The van der Waals surface area contributed by atoms with Crippen molar-refractivity contribution in [2.45, 2.75) is 20.3 Å². The molecule has 0 heterocycles. The average Bonchev–Trinajstić information content (AvgIpc) is 3.09. The van der Waals surface area contributed by atoms with E-state index >= 15 is 0 Å². The Morgan fingerprint density at radius 3 is 2.20 bits per heavy atom. The van der Waals surface area contributed by atoms with Crippen molar-refractivity contribution in [1.82, 2.24) is 0 Å². The summed E-state index contributed by atoms with van der Waals surface area (Å²) in [5, 5.41) is 5.05. The Kier molecular flexibility index (Phi) is 10.6. The lowest BCUT2D eigenvalue weighted by atomic mass is 9.88. The van der Waals surface area contributed by atoms with E-state index < -0.39 is 0 Å². The molecule has 1 heteroatoms. The van der Waals surface area contributed by atoms with Gasteiger partial charge in [-0.3, -0.25) is 0 Å². The number of nitrogens with zero attached hydrogens (tertiary/aromatic N) is 1. The minimum atomic E-state index is 0.237. The minimum absolute atomic E-state index is 0.237. The fourth-order valence-corrected chi connectivity index (χ4v) is 5.70. The van der Waals surface area contributed by atoms with Crippen LogP contribution < -0.4 is 4.90 Å². The lowest BCUT2D eigenvalue weighted by molar-refractivity contribution is 0.831. The molecule has 5 aromatic rings. The first-order chi connectivity index (χ1) is 22.1. The van der Waals surface area contributed by atoms with Crippen molar-refractivity contribution in [1.29, 1.82) is 0 Å². The van der Waals surface area contributed by atoms with Crippen LogP contribution in [-0.2, 0) is 0 Å². The van der Waals surface area contributed by atoms with Crippen LogP contribution in [0.1, 0.15) is 20.3 Å². The van der Waals surface area contributed by atoms with Gasteiger partial charge in [0, 0.05) is 17.6 Å². The number of hydrogen-bond donors (Lipinski definition) is 0. The predicted molar refractivity (Wildman–Crippen MR) is 199 cm³/mol. The molecule has 0 aliphatic heterocycles. The zero-order valence-corrected chi connectivity index (χ0v) is 26.3. The van der Waals surface area contributed by atoms with Crippen molar-refractivity contribution < 1.29 is 0 Å². The molecule has 0 amide bonds. The maximum Gasteiger partial charge on any atom is 0.0458 e. The summed E-state index contributed by atoms with van der Waals surface area (Å²) in [6, 6.07) is 37.4. The van der Waals surface area contributed by atoms with Crippen molar-refractivity contribution in [3.63, 3.8) is 0 Å². The highest BCUT2D eigenvalue weighted by Crippen LogP contribution is 2.41. The summed E-state index contributed by atoms with van der Waals surface area (Å²) in [6.45, 7) is 12.0. The first-order valence-corrected chi connectivity index (χ1v) is 15.6. The van der Waals surface area contributed by atoms with Crippen molar-refractivity contribution in [2.24, 2.45) is 5.92 Å².